The molecule has 1 aromatic heterocycles. The molecule has 0 radical (unpaired) electrons. The second-order valence-electron chi connectivity index (χ2n) is 6.19. The molecule has 0 fully saturated rings. The fraction of sp³-hybridized carbons (Fsp3) is 0.238. The topological polar surface area (TPSA) is 68.5 Å². The van der Waals surface area contributed by atoms with Gasteiger partial charge in [0.05, 0.1) is 24.9 Å². The van der Waals surface area contributed by atoms with Crippen molar-refractivity contribution >= 4 is 40.1 Å². The van der Waals surface area contributed by atoms with Gasteiger partial charge in [-0.1, -0.05) is 24.9 Å². The highest BCUT2D eigenvalue weighted by Crippen LogP contribution is 2.25. The second-order valence-corrected chi connectivity index (χ2v) is 6.63. The van der Waals surface area contributed by atoms with Gasteiger partial charge in [-0.15, -0.1) is 0 Å². The van der Waals surface area contributed by atoms with Crippen LogP contribution in [0, 0.1) is 0 Å². The molecule has 27 heavy (non-hydrogen) atoms. The lowest BCUT2D eigenvalue weighted by Crippen LogP contribution is -2.14. The van der Waals surface area contributed by atoms with Crippen LogP contribution in [0.1, 0.15) is 35.7 Å². The third-order valence-corrected chi connectivity index (χ3v) is 4.34. The van der Waals surface area contributed by atoms with Gasteiger partial charge in [0.1, 0.15) is 5.58 Å². The molecule has 2 aromatic carbocycles. The van der Waals surface area contributed by atoms with Crippen LogP contribution in [-0.4, -0.2) is 18.5 Å². The van der Waals surface area contributed by atoms with Gasteiger partial charge >= 0.3 is 5.97 Å². The first-order valence-electron chi connectivity index (χ1n) is 8.79. The van der Waals surface area contributed by atoms with Crippen LogP contribution < -0.4 is 5.32 Å². The van der Waals surface area contributed by atoms with Crippen LogP contribution in [0.5, 0.6) is 0 Å². The van der Waals surface area contributed by atoms with E-state index in [0.29, 0.717) is 28.5 Å². The van der Waals surface area contributed by atoms with Crippen molar-refractivity contribution in [3.05, 3.63) is 64.9 Å². The first-order valence-corrected chi connectivity index (χ1v) is 9.17. The first-order chi connectivity index (χ1) is 13.1. The van der Waals surface area contributed by atoms with Gasteiger partial charge in [0.25, 0.3) is 0 Å². The number of carbonyl (C=O) groups excluding carboxylic acids is 2. The Morgan fingerprint density at radius 2 is 1.93 bits per heavy atom. The Kier molecular flexibility index (Phi) is 6.14. The van der Waals surface area contributed by atoms with Gasteiger partial charge in [-0.2, -0.15) is 0 Å². The Hall–Kier alpha value is -2.79. The molecule has 0 bridgehead atoms. The maximum atomic E-state index is 12.3. The summed E-state index contributed by atoms with van der Waals surface area (Å²) < 4.78 is 10.6. The van der Waals surface area contributed by atoms with Crippen LogP contribution in [0.25, 0.3) is 11.0 Å². The molecule has 0 aliphatic carbocycles. The van der Waals surface area contributed by atoms with Crippen molar-refractivity contribution in [1.82, 2.24) is 0 Å². The summed E-state index contributed by atoms with van der Waals surface area (Å²) in [6, 6.07) is 11.9. The van der Waals surface area contributed by atoms with Gasteiger partial charge in [-0.3, -0.25) is 4.79 Å². The summed E-state index contributed by atoms with van der Waals surface area (Å²) in [7, 11) is 0. The fourth-order valence-electron chi connectivity index (χ4n) is 2.65. The Labute approximate surface area is 162 Å². The number of amides is 1. The number of carbonyl (C=O) groups is 2. The first kappa shape index (κ1) is 19.0. The summed E-state index contributed by atoms with van der Waals surface area (Å²) >= 11 is 6.01. The molecule has 0 unspecified atom stereocenters. The minimum Gasteiger partial charge on any atom is -0.464 e. The van der Waals surface area contributed by atoms with E-state index in [1.165, 1.54) is 0 Å². The number of halogens is 1. The van der Waals surface area contributed by atoms with E-state index in [-0.39, 0.29) is 18.3 Å². The van der Waals surface area contributed by atoms with Gasteiger partial charge in [0.15, 0.2) is 0 Å². The van der Waals surface area contributed by atoms with E-state index < -0.39 is 0 Å². The third kappa shape index (κ3) is 4.89. The molecule has 1 N–H and O–H groups in total. The number of anilines is 1. The number of esters is 1. The summed E-state index contributed by atoms with van der Waals surface area (Å²) in [6.07, 6.45) is 3.54. The van der Waals surface area contributed by atoms with Crippen molar-refractivity contribution < 1.29 is 18.7 Å². The van der Waals surface area contributed by atoms with E-state index in [4.69, 9.17) is 20.8 Å². The molecular weight excluding hydrogens is 366 g/mol. The molecule has 3 rings (SSSR count). The van der Waals surface area contributed by atoms with Crippen LogP contribution in [0.15, 0.2) is 53.1 Å². The van der Waals surface area contributed by atoms with Gasteiger partial charge in [-0.25, -0.2) is 4.79 Å². The van der Waals surface area contributed by atoms with Crippen LogP contribution >= 0.6 is 11.6 Å². The highest BCUT2D eigenvalue weighted by atomic mass is 35.5. The lowest BCUT2D eigenvalue weighted by atomic mass is 10.1. The molecule has 0 aliphatic rings. The number of ether oxygens (including phenoxy) is 1. The van der Waals surface area contributed by atoms with Gasteiger partial charge in [-0.05, 0) is 48.9 Å². The number of unbranched alkanes of at least 4 members (excludes halogenated alkanes) is 1. The van der Waals surface area contributed by atoms with E-state index in [0.717, 1.165) is 23.8 Å². The number of nitrogens with one attached hydrogen (secondary N) is 1. The Morgan fingerprint density at radius 3 is 2.67 bits per heavy atom. The number of hydrogen-bond donors (Lipinski definition) is 1. The molecule has 0 spiro atoms. The number of rotatable bonds is 7. The average molecular weight is 386 g/mol. The highest BCUT2D eigenvalue weighted by Gasteiger charge is 2.12. The zero-order chi connectivity index (χ0) is 19.2. The van der Waals surface area contributed by atoms with E-state index in [1.54, 1.807) is 48.7 Å². The van der Waals surface area contributed by atoms with Gasteiger partial charge < -0.3 is 14.5 Å². The molecule has 0 aliphatic heterocycles. The van der Waals surface area contributed by atoms with E-state index in [1.807, 2.05) is 6.92 Å². The summed E-state index contributed by atoms with van der Waals surface area (Å²) in [6.45, 7) is 2.45. The summed E-state index contributed by atoms with van der Waals surface area (Å²) in [5, 5.41) is 4.22. The molecule has 1 amide bonds. The normalized spacial score (nSPS) is 10.7. The average Bonchev–Trinajstić information content (AvgIpc) is 3.04. The minimum absolute atomic E-state index is 0.161. The zero-order valence-electron chi connectivity index (χ0n) is 15.0. The highest BCUT2D eigenvalue weighted by molar-refractivity contribution is 6.31. The van der Waals surface area contributed by atoms with Crippen LogP contribution in [0.3, 0.4) is 0 Å². The van der Waals surface area contributed by atoms with Crippen molar-refractivity contribution in [2.24, 2.45) is 0 Å². The smallest absolute Gasteiger partial charge is 0.338 e. The number of fused-ring (bicyclic) bond motifs is 1. The minimum atomic E-state index is -0.358. The standard InChI is InChI=1S/C21H20ClNO4/c1-2-3-10-26-21(25)14-4-7-17(8-5-14)23-20(24)11-15-13-27-19-9-6-16(22)12-18(15)19/h4-9,12-13H,2-3,10-11H2,1H3,(H,23,24). The molecule has 140 valence electrons. The molecule has 1 heterocycles. The lowest BCUT2D eigenvalue weighted by molar-refractivity contribution is -0.115. The van der Waals surface area contributed by atoms with Crippen molar-refractivity contribution in [3.63, 3.8) is 0 Å². The quantitative estimate of drug-likeness (QED) is 0.447. The second kappa shape index (κ2) is 8.73. The molecule has 6 heteroatoms. The maximum Gasteiger partial charge on any atom is 0.338 e. The lowest BCUT2D eigenvalue weighted by Gasteiger charge is -2.07. The maximum absolute atomic E-state index is 12.3. The molecule has 0 atom stereocenters. The van der Waals surface area contributed by atoms with Crippen molar-refractivity contribution in [3.8, 4) is 0 Å². The predicted octanol–water partition coefficient (Wildman–Crippen LogP) is 5.22. The van der Waals surface area contributed by atoms with Crippen LogP contribution in [0.2, 0.25) is 5.02 Å². The van der Waals surface area contributed by atoms with E-state index >= 15 is 0 Å². The molecular formula is C21H20ClNO4. The molecule has 0 saturated carbocycles. The Balaban J connectivity index is 1.60. The number of furan rings is 1. The largest absolute Gasteiger partial charge is 0.464 e. The molecule has 3 aromatic rings. The SMILES string of the molecule is CCCCOC(=O)c1ccc(NC(=O)Cc2coc3ccc(Cl)cc23)cc1. The Bertz CT molecular complexity index is 946. The summed E-state index contributed by atoms with van der Waals surface area (Å²) in [5.41, 5.74) is 2.52. The number of benzene rings is 2. The summed E-state index contributed by atoms with van der Waals surface area (Å²) in [4.78, 5) is 24.2. The van der Waals surface area contributed by atoms with Gasteiger partial charge in [0, 0.05) is 21.7 Å². The summed E-state index contributed by atoms with van der Waals surface area (Å²) in [5.74, 6) is -0.543. The van der Waals surface area contributed by atoms with E-state index in [2.05, 4.69) is 5.32 Å². The van der Waals surface area contributed by atoms with Crippen LogP contribution in [0.4, 0.5) is 5.69 Å². The van der Waals surface area contributed by atoms with Crippen molar-refractivity contribution in [2.75, 3.05) is 11.9 Å². The Morgan fingerprint density at radius 1 is 1.15 bits per heavy atom. The van der Waals surface area contributed by atoms with Gasteiger partial charge in [0.2, 0.25) is 5.91 Å². The van der Waals surface area contributed by atoms with E-state index in [9.17, 15) is 9.59 Å². The van der Waals surface area contributed by atoms with Crippen LogP contribution in [-0.2, 0) is 16.0 Å². The molecule has 0 saturated heterocycles. The molecule has 5 nitrogen and oxygen atoms in total. The number of hydrogen-bond acceptors (Lipinski definition) is 4. The predicted molar refractivity (Wildman–Crippen MR) is 105 cm³/mol. The fourth-order valence-corrected chi connectivity index (χ4v) is 2.82. The monoisotopic (exact) mass is 385 g/mol. The third-order valence-electron chi connectivity index (χ3n) is 4.10. The van der Waals surface area contributed by atoms with Crippen molar-refractivity contribution in [1.29, 1.82) is 0 Å². The van der Waals surface area contributed by atoms with Crippen molar-refractivity contribution in [2.45, 2.75) is 26.2 Å². The zero-order valence-corrected chi connectivity index (χ0v) is 15.7.